The molecule has 1 aliphatic rings. The first-order valence-corrected chi connectivity index (χ1v) is 10.4. The summed E-state index contributed by atoms with van der Waals surface area (Å²) in [5.74, 6) is -0.0626. The summed E-state index contributed by atoms with van der Waals surface area (Å²) in [6.07, 6.45) is 0.772. The largest absolute Gasteiger partial charge is 0.338 e. The molecule has 0 aliphatic carbocycles. The third-order valence-electron chi connectivity index (χ3n) is 5.04. The molecular weight excluding hydrogens is 362 g/mol. The Morgan fingerprint density at radius 3 is 2.33 bits per heavy atom. The predicted molar refractivity (Wildman–Crippen MR) is 106 cm³/mol. The number of amides is 1. The molecule has 3 rings (SSSR count). The zero-order valence-corrected chi connectivity index (χ0v) is 16.4. The van der Waals surface area contributed by atoms with Gasteiger partial charge in [-0.1, -0.05) is 32.0 Å². The first kappa shape index (κ1) is 19.4. The molecule has 27 heavy (non-hydrogen) atoms. The number of piperidine rings is 1. The maximum Gasteiger partial charge on any atom is 0.261 e. The number of sulfonamides is 1. The smallest absolute Gasteiger partial charge is 0.261 e. The summed E-state index contributed by atoms with van der Waals surface area (Å²) in [5.41, 5.74) is 6.96. The van der Waals surface area contributed by atoms with Gasteiger partial charge in [0, 0.05) is 30.4 Å². The highest BCUT2D eigenvalue weighted by molar-refractivity contribution is 7.92. The van der Waals surface area contributed by atoms with Gasteiger partial charge in [-0.15, -0.1) is 0 Å². The van der Waals surface area contributed by atoms with Crippen LogP contribution in [0.5, 0.6) is 0 Å². The molecule has 1 fully saturated rings. The van der Waals surface area contributed by atoms with Gasteiger partial charge in [-0.2, -0.15) is 0 Å². The van der Waals surface area contributed by atoms with Gasteiger partial charge in [0.15, 0.2) is 0 Å². The third-order valence-corrected chi connectivity index (χ3v) is 6.43. The van der Waals surface area contributed by atoms with E-state index in [1.54, 1.807) is 42.5 Å². The lowest BCUT2D eigenvalue weighted by molar-refractivity contribution is 0.0533. The van der Waals surface area contributed by atoms with Crippen molar-refractivity contribution in [2.75, 3.05) is 17.8 Å². The van der Waals surface area contributed by atoms with E-state index in [4.69, 9.17) is 5.73 Å². The fourth-order valence-electron chi connectivity index (χ4n) is 3.22. The standard InChI is InChI=1S/C20H25N3O3S/c1-20(2)14-23(13-12-18(20)21)19(24)15-8-10-16(11-9-15)22-27(25,26)17-6-4-3-5-7-17/h3-11,18,22H,12-14,21H2,1-2H3. The Morgan fingerprint density at radius 1 is 1.11 bits per heavy atom. The first-order chi connectivity index (χ1) is 12.7. The molecule has 0 radical (unpaired) electrons. The number of nitrogens with one attached hydrogen (secondary N) is 1. The van der Waals surface area contributed by atoms with Crippen molar-refractivity contribution in [2.24, 2.45) is 11.1 Å². The Labute approximate surface area is 160 Å². The fraction of sp³-hybridized carbons (Fsp3) is 0.350. The lowest BCUT2D eigenvalue weighted by Gasteiger charge is -2.42. The summed E-state index contributed by atoms with van der Waals surface area (Å²) in [4.78, 5) is 14.8. The SMILES string of the molecule is CC1(C)CN(C(=O)c2ccc(NS(=O)(=O)c3ccccc3)cc2)CCC1N. The Hall–Kier alpha value is -2.38. The van der Waals surface area contributed by atoms with Gasteiger partial charge in [-0.25, -0.2) is 8.42 Å². The summed E-state index contributed by atoms with van der Waals surface area (Å²) < 4.78 is 27.3. The highest BCUT2D eigenvalue weighted by Gasteiger charge is 2.35. The maximum atomic E-state index is 12.8. The Kier molecular flexibility index (Phi) is 5.26. The molecule has 2 aromatic carbocycles. The summed E-state index contributed by atoms with van der Waals surface area (Å²) in [6, 6.07) is 14.7. The van der Waals surface area contributed by atoms with E-state index < -0.39 is 10.0 Å². The summed E-state index contributed by atoms with van der Waals surface area (Å²) in [6.45, 7) is 5.37. The lowest BCUT2D eigenvalue weighted by Crippen LogP contribution is -2.53. The van der Waals surface area contributed by atoms with Crippen molar-refractivity contribution >= 4 is 21.6 Å². The quantitative estimate of drug-likeness (QED) is 0.844. The highest BCUT2D eigenvalue weighted by atomic mass is 32.2. The monoisotopic (exact) mass is 387 g/mol. The molecule has 7 heteroatoms. The van der Waals surface area contributed by atoms with Crippen LogP contribution >= 0.6 is 0 Å². The van der Waals surface area contributed by atoms with Gasteiger partial charge in [-0.3, -0.25) is 9.52 Å². The number of likely N-dealkylation sites (tertiary alicyclic amines) is 1. The second kappa shape index (κ2) is 7.32. The summed E-state index contributed by atoms with van der Waals surface area (Å²) >= 11 is 0. The molecule has 6 nitrogen and oxygen atoms in total. The van der Waals surface area contributed by atoms with Gasteiger partial charge in [0.05, 0.1) is 4.90 Å². The number of carbonyl (C=O) groups excluding carboxylic acids is 1. The molecule has 2 aromatic rings. The first-order valence-electron chi connectivity index (χ1n) is 8.92. The van der Waals surface area contributed by atoms with E-state index in [0.717, 1.165) is 6.42 Å². The van der Waals surface area contributed by atoms with Crippen molar-refractivity contribution in [3.05, 3.63) is 60.2 Å². The van der Waals surface area contributed by atoms with Gasteiger partial charge in [0.1, 0.15) is 0 Å². The topological polar surface area (TPSA) is 92.5 Å². The van der Waals surface area contributed by atoms with Crippen LogP contribution in [0.15, 0.2) is 59.5 Å². The Balaban J connectivity index is 1.71. The van der Waals surface area contributed by atoms with Crippen LogP contribution in [0.2, 0.25) is 0 Å². The highest BCUT2D eigenvalue weighted by Crippen LogP contribution is 2.28. The zero-order valence-electron chi connectivity index (χ0n) is 15.6. The molecule has 144 valence electrons. The second-order valence-corrected chi connectivity index (χ2v) is 9.29. The average Bonchev–Trinajstić information content (AvgIpc) is 2.64. The van der Waals surface area contributed by atoms with Crippen molar-refractivity contribution in [1.29, 1.82) is 0 Å². The van der Waals surface area contributed by atoms with Gasteiger partial charge in [-0.05, 0) is 48.2 Å². The molecule has 1 heterocycles. The van der Waals surface area contributed by atoms with Crippen molar-refractivity contribution < 1.29 is 13.2 Å². The number of anilines is 1. The molecule has 0 bridgehead atoms. The van der Waals surface area contributed by atoms with E-state index in [0.29, 0.717) is 24.3 Å². The fourth-order valence-corrected chi connectivity index (χ4v) is 4.30. The number of nitrogens with two attached hydrogens (primary N) is 1. The maximum absolute atomic E-state index is 12.8. The average molecular weight is 388 g/mol. The van der Waals surface area contributed by atoms with Gasteiger partial charge < -0.3 is 10.6 Å². The molecule has 1 aliphatic heterocycles. The van der Waals surface area contributed by atoms with Gasteiger partial charge in [0.2, 0.25) is 0 Å². The number of hydrogen-bond acceptors (Lipinski definition) is 4. The number of hydrogen-bond donors (Lipinski definition) is 2. The lowest BCUT2D eigenvalue weighted by atomic mass is 9.79. The van der Waals surface area contributed by atoms with Crippen molar-refractivity contribution in [2.45, 2.75) is 31.2 Å². The van der Waals surface area contributed by atoms with Crippen LogP contribution in [0, 0.1) is 5.41 Å². The third kappa shape index (κ3) is 4.31. The van der Waals surface area contributed by atoms with Crippen LogP contribution in [0.25, 0.3) is 0 Å². The van der Waals surface area contributed by atoms with Crippen LogP contribution in [0.3, 0.4) is 0 Å². The van der Waals surface area contributed by atoms with Crippen LogP contribution in [-0.2, 0) is 10.0 Å². The Bertz CT molecular complexity index is 909. The number of benzene rings is 2. The number of rotatable bonds is 4. The van der Waals surface area contributed by atoms with E-state index in [-0.39, 0.29) is 22.3 Å². The van der Waals surface area contributed by atoms with E-state index in [1.165, 1.54) is 12.1 Å². The zero-order chi connectivity index (χ0) is 19.7. The van der Waals surface area contributed by atoms with E-state index in [1.807, 2.05) is 4.90 Å². The summed E-state index contributed by atoms with van der Waals surface area (Å²) in [7, 11) is -3.65. The van der Waals surface area contributed by atoms with Crippen molar-refractivity contribution in [1.82, 2.24) is 4.90 Å². The van der Waals surface area contributed by atoms with E-state index in [9.17, 15) is 13.2 Å². The van der Waals surface area contributed by atoms with Crippen LogP contribution in [0.1, 0.15) is 30.6 Å². The van der Waals surface area contributed by atoms with Gasteiger partial charge >= 0.3 is 0 Å². The van der Waals surface area contributed by atoms with Crippen molar-refractivity contribution in [3.8, 4) is 0 Å². The van der Waals surface area contributed by atoms with E-state index >= 15 is 0 Å². The molecule has 0 aromatic heterocycles. The normalized spacial score (nSPS) is 19.5. The minimum Gasteiger partial charge on any atom is -0.338 e. The molecule has 1 unspecified atom stereocenters. The minimum atomic E-state index is -3.65. The molecule has 1 amide bonds. The molecule has 1 saturated heterocycles. The molecular formula is C20H25N3O3S. The van der Waals surface area contributed by atoms with Crippen LogP contribution in [0.4, 0.5) is 5.69 Å². The van der Waals surface area contributed by atoms with Crippen LogP contribution < -0.4 is 10.5 Å². The molecule has 1 atom stereocenters. The molecule has 3 N–H and O–H groups in total. The number of nitrogens with zero attached hydrogens (tertiary/aromatic N) is 1. The minimum absolute atomic E-state index is 0.0626. The molecule has 0 spiro atoms. The predicted octanol–water partition coefficient (Wildman–Crippen LogP) is 2.69. The van der Waals surface area contributed by atoms with Crippen molar-refractivity contribution in [3.63, 3.8) is 0 Å². The second-order valence-electron chi connectivity index (χ2n) is 7.61. The number of carbonyl (C=O) groups is 1. The van der Waals surface area contributed by atoms with Gasteiger partial charge in [0.25, 0.3) is 15.9 Å². The molecule has 0 saturated carbocycles. The summed E-state index contributed by atoms with van der Waals surface area (Å²) in [5, 5.41) is 0. The van der Waals surface area contributed by atoms with Crippen LogP contribution in [-0.4, -0.2) is 38.4 Å². The van der Waals surface area contributed by atoms with E-state index in [2.05, 4.69) is 18.6 Å². The Morgan fingerprint density at radius 2 is 1.74 bits per heavy atom.